The zero-order chi connectivity index (χ0) is 17.8. The van der Waals surface area contributed by atoms with Gasteiger partial charge in [0.2, 0.25) is 0 Å². The Labute approximate surface area is 155 Å². The molecule has 25 heavy (non-hydrogen) atoms. The van der Waals surface area contributed by atoms with Gasteiger partial charge in [0.15, 0.2) is 4.47 Å². The number of aryl methyl sites for hydroxylation is 2. The Morgan fingerprint density at radius 1 is 1.12 bits per heavy atom. The molecule has 1 amide bonds. The molecule has 0 fully saturated rings. The second-order valence-corrected chi connectivity index (χ2v) is 7.46. The van der Waals surface area contributed by atoms with Crippen LogP contribution in [0.5, 0.6) is 0 Å². The van der Waals surface area contributed by atoms with Crippen molar-refractivity contribution in [3.8, 4) is 0 Å². The molecule has 0 unspecified atom stereocenters. The smallest absolute Gasteiger partial charge is 0.255 e. The van der Waals surface area contributed by atoms with Crippen LogP contribution < -0.4 is 10.6 Å². The van der Waals surface area contributed by atoms with E-state index < -0.39 is 0 Å². The Balaban J connectivity index is 1.67. The number of hydrogen-bond donors (Lipinski definition) is 2. The lowest BCUT2D eigenvalue weighted by molar-refractivity contribution is 0.102. The summed E-state index contributed by atoms with van der Waals surface area (Å²) < 4.78 is 0.526. The first-order valence-electron chi connectivity index (χ1n) is 7.84. The number of hydrogen-bond acceptors (Lipinski definition) is 4. The second kappa shape index (κ2) is 7.68. The molecule has 0 atom stereocenters. The molecule has 3 rings (SSSR count). The number of nitrogens with one attached hydrogen (secondary N) is 2. The third-order valence-corrected chi connectivity index (χ3v) is 5.00. The number of anilines is 2. The van der Waals surface area contributed by atoms with Crippen LogP contribution in [-0.4, -0.2) is 10.9 Å². The molecule has 0 aliphatic carbocycles. The average molecular weight is 372 g/mol. The van der Waals surface area contributed by atoms with Crippen molar-refractivity contribution in [2.45, 2.75) is 20.4 Å². The lowest BCUT2D eigenvalue weighted by Gasteiger charge is -2.10. The van der Waals surface area contributed by atoms with E-state index in [1.165, 1.54) is 16.9 Å². The van der Waals surface area contributed by atoms with Gasteiger partial charge in [-0.15, -0.1) is 11.3 Å². The van der Waals surface area contributed by atoms with Crippen LogP contribution in [0.4, 0.5) is 11.4 Å². The van der Waals surface area contributed by atoms with Crippen molar-refractivity contribution in [2.24, 2.45) is 0 Å². The number of amides is 1. The minimum atomic E-state index is -0.132. The molecule has 6 heteroatoms. The third-order valence-electron chi connectivity index (χ3n) is 3.88. The molecule has 4 nitrogen and oxygen atoms in total. The summed E-state index contributed by atoms with van der Waals surface area (Å²) >= 11 is 7.27. The fraction of sp³-hybridized carbons (Fsp3) is 0.158. The van der Waals surface area contributed by atoms with Gasteiger partial charge in [0.05, 0.1) is 6.54 Å². The highest BCUT2D eigenvalue weighted by Crippen LogP contribution is 2.20. The minimum Gasteiger partial charge on any atom is -0.380 e. The number of nitrogens with zero attached hydrogens (tertiary/aromatic N) is 1. The van der Waals surface area contributed by atoms with Gasteiger partial charge in [-0.05, 0) is 55.3 Å². The maximum absolute atomic E-state index is 12.5. The van der Waals surface area contributed by atoms with Crippen LogP contribution in [0.3, 0.4) is 0 Å². The van der Waals surface area contributed by atoms with Crippen LogP contribution in [0.2, 0.25) is 4.47 Å². The summed E-state index contributed by atoms with van der Waals surface area (Å²) in [6.45, 7) is 4.69. The lowest BCUT2D eigenvalue weighted by Crippen LogP contribution is -2.12. The third kappa shape index (κ3) is 4.59. The predicted octanol–water partition coefficient (Wildman–Crippen LogP) is 5.28. The highest BCUT2D eigenvalue weighted by Gasteiger charge is 2.08. The van der Waals surface area contributed by atoms with Crippen LogP contribution in [-0.2, 0) is 6.54 Å². The highest BCUT2D eigenvalue weighted by atomic mass is 35.5. The molecule has 0 spiro atoms. The Morgan fingerprint density at radius 2 is 1.96 bits per heavy atom. The molecule has 3 aromatic rings. The van der Waals surface area contributed by atoms with Crippen LogP contribution in [0.15, 0.2) is 48.7 Å². The zero-order valence-electron chi connectivity index (χ0n) is 14.0. The quantitative estimate of drug-likeness (QED) is 0.641. The summed E-state index contributed by atoms with van der Waals surface area (Å²) in [5.41, 5.74) is 4.62. The monoisotopic (exact) mass is 371 g/mol. The Hall–Kier alpha value is -2.37. The normalized spacial score (nSPS) is 10.5. The topological polar surface area (TPSA) is 54.0 Å². The van der Waals surface area contributed by atoms with Gasteiger partial charge in [0.25, 0.3) is 5.91 Å². The summed E-state index contributed by atoms with van der Waals surface area (Å²) in [4.78, 5) is 17.5. The summed E-state index contributed by atoms with van der Waals surface area (Å²) in [7, 11) is 0. The van der Waals surface area contributed by atoms with E-state index in [-0.39, 0.29) is 5.91 Å². The van der Waals surface area contributed by atoms with Gasteiger partial charge in [-0.25, -0.2) is 4.98 Å². The van der Waals surface area contributed by atoms with Crippen molar-refractivity contribution in [1.29, 1.82) is 0 Å². The van der Waals surface area contributed by atoms with E-state index in [9.17, 15) is 4.79 Å². The molecule has 1 aromatic heterocycles. The largest absolute Gasteiger partial charge is 0.380 e. The molecule has 0 aliphatic heterocycles. The van der Waals surface area contributed by atoms with Crippen LogP contribution in [0.1, 0.15) is 26.4 Å². The van der Waals surface area contributed by atoms with E-state index in [0.717, 1.165) is 21.8 Å². The lowest BCUT2D eigenvalue weighted by atomic mass is 10.1. The average Bonchev–Trinajstić information content (AvgIpc) is 3.02. The summed E-state index contributed by atoms with van der Waals surface area (Å²) in [6.07, 6.45) is 1.75. The molecule has 128 valence electrons. The van der Waals surface area contributed by atoms with E-state index in [1.807, 2.05) is 50.2 Å². The van der Waals surface area contributed by atoms with Crippen molar-refractivity contribution in [3.05, 3.63) is 74.7 Å². The zero-order valence-corrected chi connectivity index (χ0v) is 15.5. The Morgan fingerprint density at radius 3 is 2.68 bits per heavy atom. The molecule has 0 bridgehead atoms. The molecule has 1 heterocycles. The molecule has 0 saturated carbocycles. The van der Waals surface area contributed by atoms with Gasteiger partial charge >= 0.3 is 0 Å². The SMILES string of the molecule is Cc1ccc(NC(=O)c2cccc(NCc3cnc(Cl)s3)c2)cc1C. The molecular formula is C19H18ClN3OS. The van der Waals surface area contributed by atoms with Crippen molar-refractivity contribution >= 4 is 40.2 Å². The Bertz CT molecular complexity index is 907. The standard InChI is InChI=1S/C19H18ClN3OS/c1-12-6-7-16(8-13(12)2)23-18(24)14-4-3-5-15(9-14)21-10-17-11-22-19(20)25-17/h3-9,11,21H,10H2,1-2H3,(H,23,24). The fourth-order valence-corrected chi connectivity index (χ4v) is 3.26. The predicted molar refractivity (Wildman–Crippen MR) is 105 cm³/mol. The second-order valence-electron chi connectivity index (χ2n) is 5.77. The first-order chi connectivity index (χ1) is 12.0. The van der Waals surface area contributed by atoms with E-state index >= 15 is 0 Å². The molecule has 2 aromatic carbocycles. The van der Waals surface area contributed by atoms with Gasteiger partial charge in [-0.3, -0.25) is 4.79 Å². The van der Waals surface area contributed by atoms with Crippen LogP contribution >= 0.6 is 22.9 Å². The van der Waals surface area contributed by atoms with Gasteiger partial charge < -0.3 is 10.6 Å². The number of aromatic nitrogens is 1. The number of rotatable bonds is 5. The van der Waals surface area contributed by atoms with E-state index in [0.29, 0.717) is 16.6 Å². The highest BCUT2D eigenvalue weighted by molar-refractivity contribution is 7.15. The van der Waals surface area contributed by atoms with Crippen LogP contribution in [0, 0.1) is 13.8 Å². The van der Waals surface area contributed by atoms with Gasteiger partial charge in [-0.1, -0.05) is 23.7 Å². The first kappa shape index (κ1) is 17.5. The van der Waals surface area contributed by atoms with Gasteiger partial charge in [0, 0.05) is 28.0 Å². The maximum Gasteiger partial charge on any atom is 0.255 e. The summed E-state index contributed by atoms with van der Waals surface area (Å²) in [6, 6.07) is 13.3. The molecule has 0 radical (unpaired) electrons. The summed E-state index contributed by atoms with van der Waals surface area (Å²) in [5.74, 6) is -0.132. The number of benzene rings is 2. The Kier molecular flexibility index (Phi) is 5.36. The van der Waals surface area contributed by atoms with Crippen molar-refractivity contribution in [1.82, 2.24) is 4.98 Å². The molecule has 0 aliphatic rings. The molecule has 2 N–H and O–H groups in total. The first-order valence-corrected chi connectivity index (χ1v) is 9.03. The fourth-order valence-electron chi connectivity index (χ4n) is 2.35. The number of carbonyl (C=O) groups is 1. The van der Waals surface area contributed by atoms with E-state index in [2.05, 4.69) is 15.6 Å². The maximum atomic E-state index is 12.5. The van der Waals surface area contributed by atoms with Crippen molar-refractivity contribution in [2.75, 3.05) is 10.6 Å². The van der Waals surface area contributed by atoms with Gasteiger partial charge in [0.1, 0.15) is 0 Å². The number of thiazole rings is 1. The van der Waals surface area contributed by atoms with E-state index in [1.54, 1.807) is 12.3 Å². The van der Waals surface area contributed by atoms with Crippen molar-refractivity contribution < 1.29 is 4.79 Å². The van der Waals surface area contributed by atoms with Gasteiger partial charge in [-0.2, -0.15) is 0 Å². The van der Waals surface area contributed by atoms with Crippen LogP contribution in [0.25, 0.3) is 0 Å². The molecule has 0 saturated heterocycles. The molecular weight excluding hydrogens is 354 g/mol. The minimum absolute atomic E-state index is 0.132. The number of halogens is 1. The van der Waals surface area contributed by atoms with E-state index in [4.69, 9.17) is 11.6 Å². The van der Waals surface area contributed by atoms with Crippen molar-refractivity contribution in [3.63, 3.8) is 0 Å². The number of carbonyl (C=O) groups excluding carboxylic acids is 1. The summed E-state index contributed by atoms with van der Waals surface area (Å²) in [5, 5.41) is 6.22.